The number of nitrogens with two attached hydrogens (primary N) is 1. The van der Waals surface area contributed by atoms with E-state index in [1.54, 1.807) is 0 Å². The molecule has 3 rings (SSSR count). The molecule has 1 aromatic rings. The molecule has 23 heavy (non-hydrogen) atoms. The third kappa shape index (κ3) is 4.01. The topological polar surface area (TPSA) is 71.2 Å². The molecule has 2 aliphatic rings. The lowest BCUT2D eigenvalue weighted by molar-refractivity contribution is -0.128. The van der Waals surface area contributed by atoms with E-state index in [2.05, 4.69) is 22.0 Å². The summed E-state index contributed by atoms with van der Waals surface area (Å²) >= 11 is 0. The number of likely N-dealkylation sites (tertiary alicyclic amines) is 1. The molecule has 0 bridgehead atoms. The Hall–Kier alpha value is -2.08. The zero-order valence-corrected chi connectivity index (χ0v) is 13.4. The number of amides is 1. The highest BCUT2D eigenvalue weighted by atomic mass is 16.5. The van der Waals surface area contributed by atoms with Gasteiger partial charge in [-0.25, -0.2) is 4.99 Å². The predicted molar refractivity (Wildman–Crippen MR) is 88.8 cm³/mol. The molecule has 0 spiro atoms. The number of aliphatic imine (C=N–C) groups is 1. The molecule has 0 aliphatic carbocycles. The van der Waals surface area contributed by atoms with Crippen LogP contribution in [0.2, 0.25) is 0 Å². The van der Waals surface area contributed by atoms with Crippen molar-refractivity contribution in [2.45, 2.75) is 25.9 Å². The van der Waals surface area contributed by atoms with Gasteiger partial charge in [0.1, 0.15) is 0 Å². The van der Waals surface area contributed by atoms with Crippen molar-refractivity contribution in [3.63, 3.8) is 0 Å². The Kier molecular flexibility index (Phi) is 5.12. The average molecular weight is 316 g/mol. The van der Waals surface area contributed by atoms with Crippen LogP contribution < -0.4 is 5.73 Å². The maximum absolute atomic E-state index is 11.8. The summed E-state index contributed by atoms with van der Waals surface area (Å²) in [4.78, 5) is 20.3. The number of hydrogen-bond acceptors (Lipinski definition) is 3. The van der Waals surface area contributed by atoms with Crippen LogP contribution in [0.15, 0.2) is 29.3 Å². The lowest BCUT2D eigenvalue weighted by Gasteiger charge is -2.27. The number of carbonyl (C=O) groups excluding carboxylic acids is 1. The molecule has 2 N–H and O–H groups in total. The van der Waals surface area contributed by atoms with Crippen LogP contribution in [0.25, 0.3) is 0 Å². The minimum absolute atomic E-state index is 0.246. The fraction of sp³-hybridized carbons (Fsp3) is 0.529. The van der Waals surface area contributed by atoms with Crippen molar-refractivity contribution < 1.29 is 9.53 Å². The van der Waals surface area contributed by atoms with E-state index >= 15 is 0 Å². The standard InChI is InChI=1S/C17H24N4O2/c18-17(20-8-10-23-11-9-20)19-12-14-4-1-2-5-15(14)13-21-7-3-6-16(21)22/h1-2,4-5H,3,6-13H2,(H2,18,19). The van der Waals surface area contributed by atoms with Gasteiger partial charge in [0.05, 0.1) is 19.8 Å². The van der Waals surface area contributed by atoms with Crippen molar-refractivity contribution in [1.82, 2.24) is 9.80 Å². The summed E-state index contributed by atoms with van der Waals surface area (Å²) in [5.41, 5.74) is 8.37. The van der Waals surface area contributed by atoms with Crippen LogP contribution in [0.5, 0.6) is 0 Å². The molecule has 6 heteroatoms. The van der Waals surface area contributed by atoms with Crippen molar-refractivity contribution in [1.29, 1.82) is 0 Å². The van der Waals surface area contributed by atoms with Crippen LogP contribution in [-0.2, 0) is 22.6 Å². The van der Waals surface area contributed by atoms with E-state index < -0.39 is 0 Å². The lowest BCUT2D eigenvalue weighted by Crippen LogP contribution is -2.44. The number of hydrogen-bond donors (Lipinski definition) is 1. The highest BCUT2D eigenvalue weighted by molar-refractivity contribution is 5.78. The summed E-state index contributed by atoms with van der Waals surface area (Å²) in [6.45, 7) is 5.04. The van der Waals surface area contributed by atoms with Crippen LogP contribution in [0, 0.1) is 0 Å². The molecule has 0 radical (unpaired) electrons. The molecule has 2 saturated heterocycles. The molecule has 0 saturated carbocycles. The molecular formula is C17H24N4O2. The van der Waals surface area contributed by atoms with E-state index in [0.717, 1.165) is 37.2 Å². The lowest BCUT2D eigenvalue weighted by atomic mass is 10.1. The molecule has 124 valence electrons. The molecular weight excluding hydrogens is 292 g/mol. The van der Waals surface area contributed by atoms with E-state index in [1.807, 2.05) is 17.0 Å². The highest BCUT2D eigenvalue weighted by Gasteiger charge is 2.20. The zero-order valence-electron chi connectivity index (χ0n) is 13.4. The van der Waals surface area contributed by atoms with Crippen LogP contribution >= 0.6 is 0 Å². The third-order valence-corrected chi connectivity index (χ3v) is 4.40. The minimum atomic E-state index is 0.246. The smallest absolute Gasteiger partial charge is 0.222 e. The Balaban J connectivity index is 1.66. The summed E-state index contributed by atoms with van der Waals surface area (Å²) in [7, 11) is 0. The van der Waals surface area contributed by atoms with Crippen LogP contribution in [0.3, 0.4) is 0 Å². The van der Waals surface area contributed by atoms with Gasteiger partial charge < -0.3 is 20.3 Å². The van der Waals surface area contributed by atoms with Gasteiger partial charge >= 0.3 is 0 Å². The first-order valence-electron chi connectivity index (χ1n) is 8.21. The average Bonchev–Trinajstić information content (AvgIpc) is 2.99. The quantitative estimate of drug-likeness (QED) is 0.663. The van der Waals surface area contributed by atoms with Gasteiger partial charge in [-0.2, -0.15) is 0 Å². The van der Waals surface area contributed by atoms with E-state index in [-0.39, 0.29) is 5.91 Å². The van der Waals surface area contributed by atoms with Gasteiger partial charge in [-0.3, -0.25) is 4.79 Å². The van der Waals surface area contributed by atoms with Crippen LogP contribution in [0.1, 0.15) is 24.0 Å². The van der Waals surface area contributed by atoms with E-state index in [9.17, 15) is 4.79 Å². The van der Waals surface area contributed by atoms with Crippen molar-refractivity contribution in [3.05, 3.63) is 35.4 Å². The SMILES string of the molecule is NC(=NCc1ccccc1CN1CCCC1=O)N1CCOCC1. The fourth-order valence-corrected chi connectivity index (χ4v) is 3.00. The molecule has 0 atom stereocenters. The summed E-state index contributed by atoms with van der Waals surface area (Å²) in [6.07, 6.45) is 1.63. The first-order valence-corrected chi connectivity index (χ1v) is 8.21. The first-order chi connectivity index (χ1) is 11.2. The Morgan fingerprint density at radius 2 is 1.91 bits per heavy atom. The summed E-state index contributed by atoms with van der Waals surface area (Å²) < 4.78 is 5.33. The van der Waals surface area contributed by atoms with E-state index in [1.165, 1.54) is 0 Å². The number of benzene rings is 1. The van der Waals surface area contributed by atoms with Crippen molar-refractivity contribution >= 4 is 11.9 Å². The van der Waals surface area contributed by atoms with Crippen molar-refractivity contribution in [2.75, 3.05) is 32.8 Å². The second kappa shape index (κ2) is 7.46. The maximum Gasteiger partial charge on any atom is 0.222 e. The van der Waals surface area contributed by atoms with Gasteiger partial charge in [0.15, 0.2) is 5.96 Å². The van der Waals surface area contributed by atoms with Crippen molar-refractivity contribution in [3.8, 4) is 0 Å². The third-order valence-electron chi connectivity index (χ3n) is 4.40. The summed E-state index contributed by atoms with van der Waals surface area (Å²) in [6, 6.07) is 8.15. The normalized spacial score (nSPS) is 19.5. The monoisotopic (exact) mass is 316 g/mol. The maximum atomic E-state index is 11.8. The number of morpholine rings is 1. The van der Waals surface area contributed by atoms with E-state index in [0.29, 0.717) is 38.7 Å². The number of rotatable bonds is 4. The molecule has 2 heterocycles. The number of nitrogens with zero attached hydrogens (tertiary/aromatic N) is 3. The van der Waals surface area contributed by atoms with Gasteiger partial charge in [-0.15, -0.1) is 0 Å². The Labute approximate surface area is 136 Å². The molecule has 0 unspecified atom stereocenters. The highest BCUT2D eigenvalue weighted by Crippen LogP contribution is 2.18. The second-order valence-corrected chi connectivity index (χ2v) is 5.96. The molecule has 6 nitrogen and oxygen atoms in total. The second-order valence-electron chi connectivity index (χ2n) is 5.96. The van der Waals surface area contributed by atoms with Crippen LogP contribution in [-0.4, -0.2) is 54.5 Å². The predicted octanol–water partition coefficient (Wildman–Crippen LogP) is 0.956. The molecule has 0 aromatic heterocycles. The molecule has 2 fully saturated rings. The summed E-state index contributed by atoms with van der Waals surface area (Å²) in [5.74, 6) is 0.816. The molecule has 1 amide bonds. The fourth-order valence-electron chi connectivity index (χ4n) is 3.00. The molecule has 1 aromatic carbocycles. The Morgan fingerprint density at radius 1 is 1.17 bits per heavy atom. The Bertz CT molecular complexity index is 582. The van der Waals surface area contributed by atoms with Crippen molar-refractivity contribution in [2.24, 2.45) is 10.7 Å². The van der Waals surface area contributed by atoms with Gasteiger partial charge in [0, 0.05) is 32.6 Å². The first kappa shape index (κ1) is 15.8. The largest absolute Gasteiger partial charge is 0.378 e. The Morgan fingerprint density at radius 3 is 2.61 bits per heavy atom. The van der Waals surface area contributed by atoms with Gasteiger partial charge in [0.2, 0.25) is 5.91 Å². The number of carbonyl (C=O) groups is 1. The van der Waals surface area contributed by atoms with E-state index in [4.69, 9.17) is 10.5 Å². The van der Waals surface area contributed by atoms with Crippen LogP contribution in [0.4, 0.5) is 0 Å². The van der Waals surface area contributed by atoms with Gasteiger partial charge in [-0.05, 0) is 17.5 Å². The zero-order chi connectivity index (χ0) is 16.1. The van der Waals surface area contributed by atoms with Gasteiger partial charge in [0.25, 0.3) is 0 Å². The number of ether oxygens (including phenoxy) is 1. The number of guanidine groups is 1. The van der Waals surface area contributed by atoms with Gasteiger partial charge in [-0.1, -0.05) is 24.3 Å². The minimum Gasteiger partial charge on any atom is -0.378 e. The molecule has 2 aliphatic heterocycles. The summed E-state index contributed by atoms with van der Waals surface area (Å²) in [5, 5.41) is 0.